The Morgan fingerprint density at radius 2 is 1.98 bits per heavy atom. The lowest BCUT2D eigenvalue weighted by Gasteiger charge is -2.51. The smallest absolute Gasteiger partial charge is 0.223 e. The average Bonchev–Trinajstić information content (AvgIpc) is 3.72. The zero-order chi connectivity index (χ0) is 31.0. The molecule has 0 unspecified atom stereocenters. The van der Waals surface area contributed by atoms with E-state index in [0.29, 0.717) is 28.0 Å². The fourth-order valence-corrected chi connectivity index (χ4v) is 8.64. The van der Waals surface area contributed by atoms with E-state index in [1.807, 2.05) is 29.9 Å². The zero-order valence-corrected chi connectivity index (χ0v) is 27.9. The number of likely N-dealkylation sites (tertiary alicyclic amines) is 1. The molecule has 7 rings (SSSR count). The van der Waals surface area contributed by atoms with E-state index in [2.05, 4.69) is 44.2 Å². The molecular formula is C35H40ClN5O2S2. The number of amides is 1. The van der Waals surface area contributed by atoms with Gasteiger partial charge in [-0.2, -0.15) is 0 Å². The lowest BCUT2D eigenvalue weighted by atomic mass is 9.57. The standard InChI is InChI=1S/C35H40ClN5O2S2/c36-31-25(19-39-34(42)26-17-35(18-26)9-12-40(13-10-35)11-6-28-20-38-22-45-28)4-5-29-30(23-2-1-3-24(16-23)33(37)44)21-41(32(29)31)27-7-14-43-15-8-27/h1-5,16,20-22,26-27H,6-15,17-19H2,(H2,37,44)(H,39,42). The van der Waals surface area contributed by atoms with Crippen molar-refractivity contribution < 1.29 is 9.53 Å². The second kappa shape index (κ2) is 13.1. The molecule has 3 N–H and O–H groups in total. The van der Waals surface area contributed by atoms with Gasteiger partial charge in [0.25, 0.3) is 0 Å². The number of benzene rings is 2. The topological polar surface area (TPSA) is 85.4 Å². The van der Waals surface area contributed by atoms with Crippen LogP contribution >= 0.6 is 35.2 Å². The highest BCUT2D eigenvalue weighted by molar-refractivity contribution is 7.80. The Labute approximate surface area is 279 Å². The van der Waals surface area contributed by atoms with Crippen molar-refractivity contribution in [1.82, 2.24) is 19.8 Å². The number of rotatable bonds is 9. The van der Waals surface area contributed by atoms with E-state index in [-0.39, 0.29) is 11.8 Å². The van der Waals surface area contributed by atoms with Crippen molar-refractivity contribution in [3.63, 3.8) is 0 Å². The number of hydrogen-bond acceptors (Lipinski definition) is 6. The van der Waals surface area contributed by atoms with Crippen LogP contribution in [0.25, 0.3) is 22.0 Å². The minimum Gasteiger partial charge on any atom is -0.389 e. The molecule has 1 spiro atoms. The van der Waals surface area contributed by atoms with Crippen LogP contribution in [0.2, 0.25) is 5.02 Å². The third kappa shape index (κ3) is 6.43. The molecular weight excluding hydrogens is 622 g/mol. The molecule has 2 saturated heterocycles. The molecule has 4 aromatic rings. The Morgan fingerprint density at radius 3 is 2.71 bits per heavy atom. The summed E-state index contributed by atoms with van der Waals surface area (Å²) in [4.78, 5) is 21.8. The summed E-state index contributed by atoms with van der Waals surface area (Å²) in [6, 6.07) is 12.6. The van der Waals surface area contributed by atoms with Gasteiger partial charge in [0.15, 0.2) is 0 Å². The Hall–Kier alpha value is -2.82. The first-order valence-corrected chi connectivity index (χ1v) is 17.7. The van der Waals surface area contributed by atoms with Gasteiger partial charge in [0, 0.05) is 72.0 Å². The number of carbonyl (C=O) groups is 1. The van der Waals surface area contributed by atoms with Crippen LogP contribution in [0.4, 0.5) is 0 Å². The van der Waals surface area contributed by atoms with Crippen molar-refractivity contribution in [2.45, 2.75) is 57.5 Å². The summed E-state index contributed by atoms with van der Waals surface area (Å²) < 4.78 is 8.00. The van der Waals surface area contributed by atoms with E-state index >= 15 is 0 Å². The molecule has 2 aliphatic heterocycles. The molecule has 2 aromatic carbocycles. The van der Waals surface area contributed by atoms with Crippen LogP contribution in [0.15, 0.2) is 54.3 Å². The van der Waals surface area contributed by atoms with Crippen LogP contribution in [0.5, 0.6) is 0 Å². The molecule has 3 aliphatic rings. The number of ether oxygens (including phenoxy) is 1. The first-order valence-electron chi connectivity index (χ1n) is 16.1. The Bertz CT molecular complexity index is 1680. The van der Waals surface area contributed by atoms with E-state index in [1.54, 1.807) is 11.3 Å². The number of hydrogen-bond donors (Lipinski definition) is 2. The summed E-state index contributed by atoms with van der Waals surface area (Å²) in [5, 5.41) is 5.02. The second-order valence-electron chi connectivity index (χ2n) is 13.1. The lowest BCUT2D eigenvalue weighted by molar-refractivity contribution is -0.135. The molecule has 10 heteroatoms. The number of thiazole rings is 1. The number of thiocarbonyl (C=S) groups is 1. The molecule has 0 atom stereocenters. The molecule has 3 fully saturated rings. The molecule has 1 amide bonds. The quantitative estimate of drug-likeness (QED) is 0.193. The molecule has 1 aliphatic carbocycles. The molecule has 1 saturated carbocycles. The maximum absolute atomic E-state index is 13.3. The summed E-state index contributed by atoms with van der Waals surface area (Å²) >= 11 is 14.2. The van der Waals surface area contributed by atoms with Crippen molar-refractivity contribution in [1.29, 1.82) is 0 Å². The maximum Gasteiger partial charge on any atom is 0.223 e. The number of fused-ring (bicyclic) bond motifs is 1. The van der Waals surface area contributed by atoms with E-state index in [1.165, 1.54) is 17.7 Å². The van der Waals surface area contributed by atoms with Crippen molar-refractivity contribution in [3.05, 3.63) is 75.3 Å². The summed E-state index contributed by atoms with van der Waals surface area (Å²) in [6.45, 7) is 5.24. The fraction of sp³-hybridized carbons (Fsp3) is 0.457. The third-order valence-electron chi connectivity index (χ3n) is 10.3. The number of nitrogens with two attached hydrogens (primary N) is 1. The number of piperidine rings is 1. The SMILES string of the molecule is NC(=S)c1cccc(-c2cn(C3CCOCC3)c3c(Cl)c(CNC(=O)C4CC5(CCN(CCc6cncs6)CC5)C4)ccc23)c1. The van der Waals surface area contributed by atoms with Crippen molar-refractivity contribution in [3.8, 4) is 11.1 Å². The van der Waals surface area contributed by atoms with Gasteiger partial charge in [0.2, 0.25) is 5.91 Å². The molecule has 45 heavy (non-hydrogen) atoms. The zero-order valence-electron chi connectivity index (χ0n) is 25.5. The predicted octanol–water partition coefficient (Wildman–Crippen LogP) is 6.76. The normalized spacial score (nSPS) is 19.1. The minimum atomic E-state index is 0.0925. The van der Waals surface area contributed by atoms with Gasteiger partial charge in [-0.05, 0) is 80.6 Å². The van der Waals surface area contributed by atoms with Gasteiger partial charge in [-0.15, -0.1) is 11.3 Å². The van der Waals surface area contributed by atoms with Crippen molar-refractivity contribution >= 4 is 57.0 Å². The van der Waals surface area contributed by atoms with Gasteiger partial charge < -0.3 is 25.3 Å². The average molecular weight is 662 g/mol. The van der Waals surface area contributed by atoms with E-state index < -0.39 is 0 Å². The van der Waals surface area contributed by atoms with Gasteiger partial charge in [-0.3, -0.25) is 9.78 Å². The highest BCUT2D eigenvalue weighted by atomic mass is 35.5. The summed E-state index contributed by atoms with van der Waals surface area (Å²) in [5.41, 5.74) is 13.2. The van der Waals surface area contributed by atoms with Gasteiger partial charge >= 0.3 is 0 Å². The maximum atomic E-state index is 13.3. The first-order chi connectivity index (χ1) is 21.9. The number of aromatic nitrogens is 2. The van der Waals surface area contributed by atoms with Crippen LogP contribution < -0.4 is 11.1 Å². The highest BCUT2D eigenvalue weighted by Crippen LogP contribution is 2.52. The highest BCUT2D eigenvalue weighted by Gasteiger charge is 2.48. The van der Waals surface area contributed by atoms with Crippen LogP contribution in [-0.2, 0) is 22.5 Å². The number of halogens is 1. The molecule has 0 radical (unpaired) electrons. The van der Waals surface area contributed by atoms with Crippen LogP contribution in [-0.4, -0.2) is 58.2 Å². The van der Waals surface area contributed by atoms with Crippen molar-refractivity contribution in [2.24, 2.45) is 17.1 Å². The van der Waals surface area contributed by atoms with Crippen molar-refractivity contribution in [2.75, 3.05) is 32.8 Å². The number of carbonyl (C=O) groups excluding carboxylic acids is 1. The van der Waals surface area contributed by atoms with E-state index in [9.17, 15) is 4.79 Å². The summed E-state index contributed by atoms with van der Waals surface area (Å²) in [6.07, 6.45) is 11.5. The summed E-state index contributed by atoms with van der Waals surface area (Å²) in [5.74, 6) is 0.245. The number of nitrogens with one attached hydrogen (secondary N) is 1. The largest absolute Gasteiger partial charge is 0.389 e. The van der Waals surface area contributed by atoms with Gasteiger partial charge in [-0.1, -0.05) is 54.2 Å². The predicted molar refractivity (Wildman–Crippen MR) is 186 cm³/mol. The van der Waals surface area contributed by atoms with Gasteiger partial charge in [0.05, 0.1) is 16.0 Å². The molecule has 0 bridgehead atoms. The third-order valence-corrected chi connectivity index (χ3v) is 11.8. The van der Waals surface area contributed by atoms with Gasteiger partial charge in [0.1, 0.15) is 4.99 Å². The second-order valence-corrected chi connectivity index (χ2v) is 14.8. The first kappa shape index (κ1) is 30.8. The summed E-state index contributed by atoms with van der Waals surface area (Å²) in [7, 11) is 0. The lowest BCUT2D eigenvalue weighted by Crippen LogP contribution is -2.51. The van der Waals surface area contributed by atoms with Crippen LogP contribution in [0, 0.1) is 11.3 Å². The number of nitrogens with zero attached hydrogens (tertiary/aromatic N) is 3. The van der Waals surface area contributed by atoms with E-state index in [4.69, 9.17) is 34.3 Å². The molecule has 7 nitrogen and oxygen atoms in total. The monoisotopic (exact) mass is 661 g/mol. The Morgan fingerprint density at radius 1 is 1.18 bits per heavy atom. The fourth-order valence-electron chi connectivity index (χ4n) is 7.60. The van der Waals surface area contributed by atoms with Gasteiger partial charge in [-0.25, -0.2) is 0 Å². The van der Waals surface area contributed by atoms with E-state index in [0.717, 1.165) is 98.1 Å². The molecule has 236 valence electrons. The Kier molecular flexibility index (Phi) is 8.99. The molecule has 2 aromatic heterocycles. The Balaban J connectivity index is 1.02. The van der Waals surface area contributed by atoms with Crippen LogP contribution in [0.1, 0.15) is 60.6 Å². The minimum absolute atomic E-state index is 0.0925. The van der Waals surface area contributed by atoms with Crippen LogP contribution in [0.3, 0.4) is 0 Å². The molecule has 4 heterocycles.